The lowest BCUT2D eigenvalue weighted by Crippen LogP contribution is -1.89. The Bertz CT molecular complexity index is 489. The Morgan fingerprint density at radius 1 is 0.684 bits per heavy atom. The summed E-state index contributed by atoms with van der Waals surface area (Å²) in [4.78, 5) is 1.75. The molecule has 2 aromatic rings. The van der Waals surface area contributed by atoms with Crippen LogP contribution in [-0.2, 0) is 0 Å². The molecule has 0 aliphatic carbocycles. The van der Waals surface area contributed by atoms with E-state index in [9.17, 15) is 0 Å². The van der Waals surface area contributed by atoms with Gasteiger partial charge in [0.1, 0.15) is 11.5 Å². The molecule has 19 heavy (non-hydrogen) atoms. The van der Waals surface area contributed by atoms with Gasteiger partial charge in [-0.25, -0.2) is 0 Å². The maximum absolute atomic E-state index is 6.55. The fourth-order valence-corrected chi connectivity index (χ4v) is 4.09. The molecule has 0 aromatic heterocycles. The van der Waals surface area contributed by atoms with Crippen LogP contribution in [0.25, 0.3) is 0 Å². The van der Waals surface area contributed by atoms with Crippen LogP contribution in [-0.4, -0.2) is 14.2 Å². The molecular formula is C14H14Cl2O2S. The number of hydrogen-bond donors (Lipinski definition) is 0. The van der Waals surface area contributed by atoms with Gasteiger partial charge in [0.15, 0.2) is 0 Å². The van der Waals surface area contributed by atoms with Crippen molar-refractivity contribution in [2.24, 2.45) is 0 Å². The van der Waals surface area contributed by atoms with Crippen LogP contribution in [0.5, 0.6) is 11.5 Å². The average molecular weight is 317 g/mol. The zero-order chi connectivity index (χ0) is 13.9. The third-order valence-electron chi connectivity index (χ3n) is 2.71. The molecule has 2 nitrogen and oxygen atoms in total. The van der Waals surface area contributed by atoms with Crippen LogP contribution in [0.1, 0.15) is 0 Å². The second kappa shape index (κ2) is 5.95. The third-order valence-corrected chi connectivity index (χ3v) is 6.58. The summed E-state index contributed by atoms with van der Waals surface area (Å²) in [6.45, 7) is 0. The number of benzene rings is 2. The lowest BCUT2D eigenvalue weighted by atomic mass is 10.3. The molecule has 0 aliphatic rings. The van der Waals surface area contributed by atoms with Gasteiger partial charge in [-0.15, -0.1) is 0 Å². The van der Waals surface area contributed by atoms with Crippen molar-refractivity contribution in [3.8, 4) is 11.5 Å². The summed E-state index contributed by atoms with van der Waals surface area (Å²) in [7, 11) is 14.3. The zero-order valence-corrected chi connectivity index (χ0v) is 12.9. The molecule has 5 heteroatoms. The Labute approximate surface area is 123 Å². The molecule has 0 N–H and O–H groups in total. The summed E-state index contributed by atoms with van der Waals surface area (Å²) in [5.41, 5.74) is 0. The molecule has 0 spiro atoms. The van der Waals surface area contributed by atoms with E-state index in [4.69, 9.17) is 30.8 Å². The first-order valence-corrected chi connectivity index (χ1v) is 8.87. The molecule has 0 heterocycles. The van der Waals surface area contributed by atoms with Crippen molar-refractivity contribution in [1.29, 1.82) is 0 Å². The summed E-state index contributed by atoms with van der Waals surface area (Å²) < 4.78 is 10.2. The van der Waals surface area contributed by atoms with E-state index in [0.29, 0.717) is 0 Å². The highest BCUT2D eigenvalue weighted by Gasteiger charge is 2.23. The number of methoxy groups -OCH3 is 2. The van der Waals surface area contributed by atoms with Crippen molar-refractivity contribution in [3.63, 3.8) is 0 Å². The average Bonchev–Trinajstić information content (AvgIpc) is 2.47. The van der Waals surface area contributed by atoms with E-state index in [2.05, 4.69) is 0 Å². The molecule has 102 valence electrons. The van der Waals surface area contributed by atoms with Gasteiger partial charge in [0, 0.05) is 9.79 Å². The number of ether oxygens (including phenoxy) is 2. The normalized spacial score (nSPS) is 12.0. The van der Waals surface area contributed by atoms with E-state index in [1.807, 2.05) is 48.5 Å². The minimum absolute atomic E-state index is 0.780. The van der Waals surface area contributed by atoms with Crippen LogP contribution >= 0.6 is 29.8 Å². The molecule has 0 bridgehead atoms. The number of rotatable bonds is 4. The molecule has 0 amide bonds. The minimum atomic E-state index is -2.06. The molecule has 0 saturated carbocycles. The monoisotopic (exact) mass is 316 g/mol. The van der Waals surface area contributed by atoms with Crippen LogP contribution in [0, 0.1) is 0 Å². The first-order valence-electron chi connectivity index (χ1n) is 5.58. The quantitative estimate of drug-likeness (QED) is 0.768. The van der Waals surface area contributed by atoms with Crippen LogP contribution < -0.4 is 9.47 Å². The largest absolute Gasteiger partial charge is 0.497 e. The van der Waals surface area contributed by atoms with Gasteiger partial charge >= 0.3 is 0 Å². The van der Waals surface area contributed by atoms with E-state index in [0.717, 1.165) is 21.3 Å². The highest BCUT2D eigenvalue weighted by Crippen LogP contribution is 2.70. The van der Waals surface area contributed by atoms with Crippen molar-refractivity contribution < 1.29 is 9.47 Å². The van der Waals surface area contributed by atoms with Crippen molar-refractivity contribution in [1.82, 2.24) is 0 Å². The summed E-state index contributed by atoms with van der Waals surface area (Å²) in [6, 6.07) is 15.0. The standard InChI is InChI=1S/C14H14Cl2O2S/c1-17-11-3-7-13(8-4-11)19(15,16)14-9-5-12(18-2)6-10-14/h3-10H,1-2H3. The molecule has 0 atom stereocenters. The Morgan fingerprint density at radius 2 is 1.00 bits per heavy atom. The highest BCUT2D eigenvalue weighted by molar-refractivity contribution is 8.66. The fourth-order valence-electron chi connectivity index (χ4n) is 1.63. The molecule has 0 fully saturated rings. The van der Waals surface area contributed by atoms with Crippen LogP contribution in [0.2, 0.25) is 0 Å². The van der Waals surface area contributed by atoms with Crippen molar-refractivity contribution in [3.05, 3.63) is 48.5 Å². The van der Waals surface area contributed by atoms with Gasteiger partial charge in [-0.2, -0.15) is 0 Å². The lowest BCUT2D eigenvalue weighted by Gasteiger charge is -2.25. The Morgan fingerprint density at radius 3 is 1.26 bits per heavy atom. The second-order valence-corrected chi connectivity index (χ2v) is 8.95. The zero-order valence-electron chi connectivity index (χ0n) is 10.6. The van der Waals surface area contributed by atoms with Gasteiger partial charge in [0.05, 0.1) is 14.2 Å². The molecule has 0 saturated heterocycles. The Kier molecular flexibility index (Phi) is 4.50. The van der Waals surface area contributed by atoms with Gasteiger partial charge < -0.3 is 9.47 Å². The maximum Gasteiger partial charge on any atom is 0.118 e. The van der Waals surface area contributed by atoms with Crippen LogP contribution in [0.15, 0.2) is 58.3 Å². The van der Waals surface area contributed by atoms with E-state index in [-0.39, 0.29) is 0 Å². The number of hydrogen-bond acceptors (Lipinski definition) is 2. The first kappa shape index (κ1) is 14.4. The van der Waals surface area contributed by atoms with Crippen molar-refractivity contribution in [2.45, 2.75) is 9.79 Å². The van der Waals surface area contributed by atoms with Gasteiger partial charge in [-0.3, -0.25) is 0 Å². The third kappa shape index (κ3) is 3.11. The summed E-state index contributed by atoms with van der Waals surface area (Å²) in [5, 5.41) is 0. The van der Waals surface area contributed by atoms with E-state index in [1.165, 1.54) is 0 Å². The number of halogens is 2. The van der Waals surface area contributed by atoms with E-state index >= 15 is 0 Å². The molecule has 0 aliphatic heterocycles. The first-order chi connectivity index (χ1) is 9.07. The topological polar surface area (TPSA) is 18.5 Å². The molecule has 2 rings (SSSR count). The molecule has 2 aromatic carbocycles. The predicted octanol–water partition coefficient (Wildman–Crippen LogP) is 5.23. The summed E-state index contributed by atoms with van der Waals surface area (Å²) in [5.74, 6) is 1.56. The SMILES string of the molecule is COc1ccc(S(Cl)(Cl)c2ccc(OC)cc2)cc1. The van der Waals surface area contributed by atoms with Gasteiger partial charge in [0.25, 0.3) is 0 Å². The van der Waals surface area contributed by atoms with Gasteiger partial charge in [-0.05, 0) is 78.4 Å². The van der Waals surface area contributed by atoms with E-state index < -0.39 is 8.46 Å². The van der Waals surface area contributed by atoms with Crippen LogP contribution in [0.4, 0.5) is 0 Å². The van der Waals surface area contributed by atoms with Crippen molar-refractivity contribution >= 4 is 29.8 Å². The van der Waals surface area contributed by atoms with Crippen LogP contribution in [0.3, 0.4) is 0 Å². The fraction of sp³-hybridized carbons (Fsp3) is 0.143. The lowest BCUT2D eigenvalue weighted by molar-refractivity contribution is 0.414. The summed E-state index contributed by atoms with van der Waals surface area (Å²) >= 11 is 0. The van der Waals surface area contributed by atoms with Gasteiger partial charge in [0.2, 0.25) is 0 Å². The van der Waals surface area contributed by atoms with Crippen molar-refractivity contribution in [2.75, 3.05) is 14.2 Å². The molecular weight excluding hydrogens is 303 g/mol. The smallest absolute Gasteiger partial charge is 0.118 e. The van der Waals surface area contributed by atoms with E-state index in [1.54, 1.807) is 14.2 Å². The molecule has 0 unspecified atom stereocenters. The van der Waals surface area contributed by atoms with Gasteiger partial charge in [-0.1, -0.05) is 0 Å². The molecule has 0 radical (unpaired) electrons. The Balaban J connectivity index is 2.33. The second-order valence-electron chi connectivity index (χ2n) is 3.82. The summed E-state index contributed by atoms with van der Waals surface area (Å²) in [6.07, 6.45) is 0. The Hall–Kier alpha value is -1.03. The minimum Gasteiger partial charge on any atom is -0.497 e. The highest BCUT2D eigenvalue weighted by atomic mass is 36.0. The predicted molar refractivity (Wildman–Crippen MR) is 81.8 cm³/mol. The maximum atomic E-state index is 6.55.